The van der Waals surface area contributed by atoms with Crippen LogP contribution in [0.15, 0.2) is 29.2 Å². The fourth-order valence-electron chi connectivity index (χ4n) is 2.20. The first kappa shape index (κ1) is 10.1. The smallest absolute Gasteiger partial charge is 0.0205 e. The fourth-order valence-corrected chi connectivity index (χ4v) is 3.61. The summed E-state index contributed by atoms with van der Waals surface area (Å²) < 4.78 is 0.522. The van der Waals surface area contributed by atoms with Crippen molar-refractivity contribution in [1.29, 1.82) is 0 Å². The molecule has 1 aromatic rings. The molecule has 1 heteroatoms. The molecular formula is C13H18S. The van der Waals surface area contributed by atoms with Gasteiger partial charge in [-0.15, -0.1) is 11.8 Å². The highest BCUT2D eigenvalue weighted by atomic mass is 32.2. The SMILES string of the molecule is CCC1(CC)CCc2ccccc2S1. The first-order valence-electron chi connectivity index (χ1n) is 5.56. The lowest BCUT2D eigenvalue weighted by Gasteiger charge is -2.36. The highest BCUT2D eigenvalue weighted by Crippen LogP contribution is 2.46. The Hall–Kier alpha value is -0.430. The molecule has 0 saturated carbocycles. The van der Waals surface area contributed by atoms with Crippen LogP contribution in [0.1, 0.15) is 38.7 Å². The van der Waals surface area contributed by atoms with Gasteiger partial charge in [0.25, 0.3) is 0 Å². The molecule has 1 aromatic carbocycles. The molecule has 0 amide bonds. The van der Waals surface area contributed by atoms with Crippen LogP contribution in [0, 0.1) is 0 Å². The molecule has 0 N–H and O–H groups in total. The number of thioether (sulfide) groups is 1. The van der Waals surface area contributed by atoms with Crippen molar-refractivity contribution in [1.82, 2.24) is 0 Å². The molecule has 1 aliphatic rings. The Morgan fingerprint density at radius 3 is 2.64 bits per heavy atom. The second kappa shape index (κ2) is 3.98. The summed E-state index contributed by atoms with van der Waals surface area (Å²) in [5.41, 5.74) is 1.55. The lowest BCUT2D eigenvalue weighted by Crippen LogP contribution is -2.26. The molecule has 0 aliphatic carbocycles. The quantitative estimate of drug-likeness (QED) is 0.696. The Morgan fingerprint density at radius 2 is 1.93 bits per heavy atom. The van der Waals surface area contributed by atoms with Gasteiger partial charge in [-0.05, 0) is 37.3 Å². The van der Waals surface area contributed by atoms with E-state index in [2.05, 4.69) is 49.9 Å². The van der Waals surface area contributed by atoms with Gasteiger partial charge in [-0.1, -0.05) is 32.0 Å². The maximum atomic E-state index is 2.32. The molecule has 0 fully saturated rings. The largest absolute Gasteiger partial charge is 0.119 e. The zero-order chi connectivity index (χ0) is 10.0. The monoisotopic (exact) mass is 206 g/mol. The molecule has 76 valence electrons. The topological polar surface area (TPSA) is 0 Å². The summed E-state index contributed by atoms with van der Waals surface area (Å²) in [6, 6.07) is 8.87. The minimum absolute atomic E-state index is 0.522. The van der Waals surface area contributed by atoms with E-state index in [1.54, 1.807) is 5.56 Å². The average Bonchev–Trinajstić information content (AvgIpc) is 2.28. The predicted octanol–water partition coefficient (Wildman–Crippen LogP) is 4.28. The van der Waals surface area contributed by atoms with Crippen LogP contribution >= 0.6 is 11.8 Å². The van der Waals surface area contributed by atoms with Crippen LogP contribution in [0.4, 0.5) is 0 Å². The molecule has 0 saturated heterocycles. The maximum absolute atomic E-state index is 2.32. The zero-order valence-corrected chi connectivity index (χ0v) is 9.86. The molecule has 0 bridgehead atoms. The highest BCUT2D eigenvalue weighted by molar-refractivity contribution is 8.00. The molecule has 0 unspecified atom stereocenters. The first-order valence-corrected chi connectivity index (χ1v) is 6.38. The Labute approximate surface area is 91.1 Å². The van der Waals surface area contributed by atoms with Crippen LogP contribution < -0.4 is 0 Å². The summed E-state index contributed by atoms with van der Waals surface area (Å²) >= 11 is 2.10. The third-order valence-corrected chi connectivity index (χ3v) is 5.27. The summed E-state index contributed by atoms with van der Waals surface area (Å²) in [7, 11) is 0. The Bertz CT molecular complexity index is 313. The number of hydrogen-bond acceptors (Lipinski definition) is 1. The zero-order valence-electron chi connectivity index (χ0n) is 9.05. The van der Waals surface area contributed by atoms with Gasteiger partial charge < -0.3 is 0 Å². The van der Waals surface area contributed by atoms with E-state index in [9.17, 15) is 0 Å². The maximum Gasteiger partial charge on any atom is 0.0205 e. The van der Waals surface area contributed by atoms with Crippen molar-refractivity contribution in [3.8, 4) is 0 Å². The standard InChI is InChI=1S/C13H18S/c1-3-13(4-2)10-9-11-7-5-6-8-12(11)14-13/h5-8H,3-4,9-10H2,1-2H3. The van der Waals surface area contributed by atoms with E-state index in [1.807, 2.05) is 0 Å². The molecule has 0 spiro atoms. The lowest BCUT2D eigenvalue weighted by atomic mass is 9.93. The lowest BCUT2D eigenvalue weighted by molar-refractivity contribution is 0.497. The highest BCUT2D eigenvalue weighted by Gasteiger charge is 2.31. The number of fused-ring (bicyclic) bond motifs is 1. The number of benzene rings is 1. The number of hydrogen-bond donors (Lipinski definition) is 0. The van der Waals surface area contributed by atoms with Crippen LogP contribution in [0.5, 0.6) is 0 Å². The van der Waals surface area contributed by atoms with E-state index in [4.69, 9.17) is 0 Å². The molecule has 0 radical (unpaired) electrons. The summed E-state index contributed by atoms with van der Waals surface area (Å²) in [6.45, 7) is 4.65. The van der Waals surface area contributed by atoms with Crippen LogP contribution in [0.3, 0.4) is 0 Å². The van der Waals surface area contributed by atoms with E-state index in [1.165, 1.54) is 30.6 Å². The normalized spacial score (nSPS) is 19.0. The van der Waals surface area contributed by atoms with Gasteiger partial charge in [0.05, 0.1) is 0 Å². The predicted molar refractivity (Wildman–Crippen MR) is 63.9 cm³/mol. The van der Waals surface area contributed by atoms with Crippen molar-refractivity contribution < 1.29 is 0 Å². The Morgan fingerprint density at radius 1 is 1.21 bits per heavy atom. The number of aryl methyl sites for hydroxylation is 1. The molecule has 14 heavy (non-hydrogen) atoms. The van der Waals surface area contributed by atoms with Crippen molar-refractivity contribution in [2.45, 2.75) is 49.2 Å². The van der Waals surface area contributed by atoms with Gasteiger partial charge in [0.1, 0.15) is 0 Å². The first-order chi connectivity index (χ1) is 6.79. The summed E-state index contributed by atoms with van der Waals surface area (Å²) in [4.78, 5) is 1.52. The summed E-state index contributed by atoms with van der Waals surface area (Å²) in [6.07, 6.45) is 5.21. The van der Waals surface area contributed by atoms with Crippen molar-refractivity contribution in [2.75, 3.05) is 0 Å². The second-order valence-corrected chi connectivity index (χ2v) is 5.61. The van der Waals surface area contributed by atoms with E-state index >= 15 is 0 Å². The molecular weight excluding hydrogens is 188 g/mol. The summed E-state index contributed by atoms with van der Waals surface area (Å²) in [5, 5.41) is 0. The Balaban J connectivity index is 2.28. The Kier molecular flexibility index (Phi) is 2.87. The molecule has 2 rings (SSSR count). The van der Waals surface area contributed by atoms with Crippen LogP contribution in [0.25, 0.3) is 0 Å². The van der Waals surface area contributed by atoms with E-state index in [0.717, 1.165) is 0 Å². The van der Waals surface area contributed by atoms with Gasteiger partial charge in [0.15, 0.2) is 0 Å². The van der Waals surface area contributed by atoms with Crippen molar-refractivity contribution in [2.24, 2.45) is 0 Å². The third-order valence-electron chi connectivity index (χ3n) is 3.44. The fraction of sp³-hybridized carbons (Fsp3) is 0.538. The van der Waals surface area contributed by atoms with Gasteiger partial charge in [-0.3, -0.25) is 0 Å². The average molecular weight is 206 g/mol. The minimum Gasteiger partial charge on any atom is -0.119 e. The van der Waals surface area contributed by atoms with Gasteiger partial charge in [-0.25, -0.2) is 0 Å². The van der Waals surface area contributed by atoms with Crippen molar-refractivity contribution in [3.63, 3.8) is 0 Å². The van der Waals surface area contributed by atoms with Crippen LogP contribution in [0.2, 0.25) is 0 Å². The van der Waals surface area contributed by atoms with Crippen molar-refractivity contribution >= 4 is 11.8 Å². The molecule has 0 atom stereocenters. The third kappa shape index (κ3) is 1.70. The van der Waals surface area contributed by atoms with Gasteiger partial charge >= 0.3 is 0 Å². The minimum atomic E-state index is 0.522. The van der Waals surface area contributed by atoms with Gasteiger partial charge in [0.2, 0.25) is 0 Å². The van der Waals surface area contributed by atoms with E-state index < -0.39 is 0 Å². The van der Waals surface area contributed by atoms with E-state index in [-0.39, 0.29) is 0 Å². The molecule has 0 nitrogen and oxygen atoms in total. The van der Waals surface area contributed by atoms with E-state index in [0.29, 0.717) is 4.75 Å². The van der Waals surface area contributed by atoms with Gasteiger partial charge in [0, 0.05) is 9.64 Å². The van der Waals surface area contributed by atoms with Crippen molar-refractivity contribution in [3.05, 3.63) is 29.8 Å². The molecule has 1 heterocycles. The summed E-state index contributed by atoms with van der Waals surface area (Å²) in [5.74, 6) is 0. The van der Waals surface area contributed by atoms with Crippen LogP contribution in [-0.4, -0.2) is 4.75 Å². The molecule has 0 aromatic heterocycles. The van der Waals surface area contributed by atoms with Crippen LogP contribution in [-0.2, 0) is 6.42 Å². The second-order valence-electron chi connectivity index (χ2n) is 4.10. The number of rotatable bonds is 2. The van der Waals surface area contributed by atoms with Gasteiger partial charge in [-0.2, -0.15) is 0 Å². The molecule has 1 aliphatic heterocycles.